The lowest BCUT2D eigenvalue weighted by Gasteiger charge is -2.24. The van der Waals surface area contributed by atoms with Crippen LogP contribution < -0.4 is 19.7 Å². The van der Waals surface area contributed by atoms with Crippen LogP contribution in [0.5, 0.6) is 11.5 Å². The van der Waals surface area contributed by atoms with E-state index in [4.69, 9.17) is 21.7 Å². The van der Waals surface area contributed by atoms with Crippen LogP contribution in [0, 0.1) is 0 Å². The number of alkyl halides is 3. The highest BCUT2D eigenvalue weighted by atomic mass is 32.1. The number of halogens is 3. The van der Waals surface area contributed by atoms with E-state index in [1.165, 1.54) is 34.1 Å². The molecule has 0 aromatic heterocycles. The minimum atomic E-state index is -4.84. The van der Waals surface area contributed by atoms with Crippen LogP contribution in [0.15, 0.2) is 72.8 Å². The molecule has 0 bridgehead atoms. The van der Waals surface area contributed by atoms with Crippen molar-refractivity contribution in [3.8, 4) is 11.5 Å². The zero-order chi connectivity index (χ0) is 31.1. The van der Waals surface area contributed by atoms with Gasteiger partial charge in [0.15, 0.2) is 5.11 Å². The Hall–Kier alpha value is -4.65. The Labute approximate surface area is 251 Å². The van der Waals surface area contributed by atoms with Gasteiger partial charge in [0.2, 0.25) is 5.91 Å². The van der Waals surface area contributed by atoms with Crippen molar-refractivity contribution in [2.45, 2.75) is 39.2 Å². The van der Waals surface area contributed by atoms with Crippen molar-refractivity contribution in [2.75, 3.05) is 23.4 Å². The highest BCUT2D eigenvalue weighted by molar-refractivity contribution is 7.80. The molecule has 0 aliphatic carbocycles. The molecule has 4 rings (SSSR count). The lowest BCUT2D eigenvalue weighted by Crippen LogP contribution is -2.37. The Kier molecular flexibility index (Phi) is 9.86. The van der Waals surface area contributed by atoms with Gasteiger partial charge in [0.05, 0.1) is 30.9 Å². The van der Waals surface area contributed by atoms with Crippen LogP contribution in [0.2, 0.25) is 0 Å². The van der Waals surface area contributed by atoms with Crippen LogP contribution in [0.3, 0.4) is 0 Å². The number of hydrogen-bond acceptors (Lipinski definition) is 7. The molecule has 1 fully saturated rings. The molecule has 3 aromatic rings. The van der Waals surface area contributed by atoms with Crippen molar-refractivity contribution >= 4 is 46.5 Å². The summed E-state index contributed by atoms with van der Waals surface area (Å²) in [6.07, 6.45) is -5.10. The zero-order valence-corrected chi connectivity index (χ0v) is 24.0. The average Bonchev–Trinajstić information content (AvgIpc) is 3.18. The maximum atomic E-state index is 13.7. The number of hydrogen-bond donors (Lipinski definition) is 1. The Morgan fingerprint density at radius 2 is 1.53 bits per heavy atom. The second kappa shape index (κ2) is 13.6. The lowest BCUT2D eigenvalue weighted by atomic mass is 10.1. The molecule has 0 unspecified atom stereocenters. The van der Waals surface area contributed by atoms with Crippen molar-refractivity contribution in [3.63, 3.8) is 0 Å². The first-order chi connectivity index (χ1) is 20.5. The molecule has 9 nitrogen and oxygen atoms in total. The first kappa shape index (κ1) is 31.3. The van der Waals surface area contributed by atoms with Crippen LogP contribution in [0.1, 0.15) is 36.2 Å². The normalized spacial score (nSPS) is 15.0. The molecule has 0 saturated carbocycles. The molecule has 1 atom stereocenters. The van der Waals surface area contributed by atoms with Gasteiger partial charge in [-0.05, 0) is 92.3 Å². The van der Waals surface area contributed by atoms with Crippen molar-refractivity contribution in [2.24, 2.45) is 0 Å². The van der Waals surface area contributed by atoms with Crippen LogP contribution in [-0.2, 0) is 20.9 Å². The first-order valence-electron chi connectivity index (χ1n) is 13.3. The van der Waals surface area contributed by atoms with E-state index in [2.05, 4.69) is 10.1 Å². The fraction of sp³-hybridized carbons (Fsp3) is 0.267. The van der Waals surface area contributed by atoms with E-state index in [0.29, 0.717) is 29.3 Å². The number of thiocarbonyl (C=S) groups is 1. The third-order valence-corrected chi connectivity index (χ3v) is 6.71. The number of nitrogens with one attached hydrogen (secondary N) is 1. The van der Waals surface area contributed by atoms with E-state index in [0.717, 1.165) is 12.1 Å². The predicted octanol–water partition coefficient (Wildman–Crippen LogP) is 5.69. The SMILES string of the molecule is CCOC(=O)c1ccc(N2C(=O)[C@@H](CC(=O)Nc3ccc(OCC)cc3)N(Cc3ccc(OC(F)(F)F)cc3)C2=S)cc1. The summed E-state index contributed by atoms with van der Waals surface area (Å²) >= 11 is 5.66. The zero-order valence-electron chi connectivity index (χ0n) is 23.2. The topological polar surface area (TPSA) is 97.4 Å². The van der Waals surface area contributed by atoms with Gasteiger partial charge in [-0.25, -0.2) is 4.79 Å². The van der Waals surface area contributed by atoms with Gasteiger partial charge in [0, 0.05) is 12.2 Å². The van der Waals surface area contributed by atoms with Gasteiger partial charge in [-0.3, -0.25) is 14.5 Å². The molecule has 1 saturated heterocycles. The molecule has 1 aliphatic heterocycles. The van der Waals surface area contributed by atoms with Crippen molar-refractivity contribution in [1.29, 1.82) is 0 Å². The Morgan fingerprint density at radius 3 is 2.12 bits per heavy atom. The number of carbonyl (C=O) groups excluding carboxylic acids is 3. The maximum absolute atomic E-state index is 13.7. The number of amides is 2. The molecule has 0 spiro atoms. The molecule has 1 heterocycles. The van der Waals surface area contributed by atoms with Crippen molar-refractivity contribution in [3.05, 3.63) is 83.9 Å². The summed E-state index contributed by atoms with van der Waals surface area (Å²) in [4.78, 5) is 41.7. The minimum Gasteiger partial charge on any atom is -0.494 e. The summed E-state index contributed by atoms with van der Waals surface area (Å²) < 4.78 is 52.2. The number of benzene rings is 3. The molecule has 2 amide bonds. The number of esters is 1. The molecule has 226 valence electrons. The number of anilines is 2. The van der Waals surface area contributed by atoms with Crippen molar-refractivity contribution < 1.29 is 41.8 Å². The van der Waals surface area contributed by atoms with E-state index in [9.17, 15) is 27.6 Å². The van der Waals surface area contributed by atoms with Gasteiger partial charge in [-0.1, -0.05) is 12.1 Å². The van der Waals surface area contributed by atoms with Gasteiger partial charge in [-0.15, -0.1) is 13.2 Å². The molecule has 43 heavy (non-hydrogen) atoms. The summed E-state index contributed by atoms with van der Waals surface area (Å²) in [7, 11) is 0. The number of carbonyl (C=O) groups is 3. The average molecular weight is 616 g/mol. The summed E-state index contributed by atoms with van der Waals surface area (Å²) in [5, 5.41) is 2.85. The van der Waals surface area contributed by atoms with Gasteiger partial charge < -0.3 is 24.4 Å². The summed E-state index contributed by atoms with van der Waals surface area (Å²) in [5.74, 6) is -1.21. The van der Waals surface area contributed by atoms with E-state index < -0.39 is 35.9 Å². The molecule has 1 N–H and O–H groups in total. The van der Waals surface area contributed by atoms with E-state index in [-0.39, 0.29) is 30.2 Å². The fourth-order valence-corrected chi connectivity index (χ4v) is 4.78. The predicted molar refractivity (Wildman–Crippen MR) is 156 cm³/mol. The smallest absolute Gasteiger partial charge is 0.494 e. The number of ether oxygens (including phenoxy) is 3. The third-order valence-electron chi connectivity index (χ3n) is 6.29. The second-order valence-electron chi connectivity index (χ2n) is 9.27. The monoisotopic (exact) mass is 615 g/mol. The molecular formula is C30H28F3N3O6S. The van der Waals surface area contributed by atoms with Crippen LogP contribution in [0.4, 0.5) is 24.5 Å². The van der Waals surface area contributed by atoms with E-state index in [1.807, 2.05) is 6.92 Å². The lowest BCUT2D eigenvalue weighted by molar-refractivity contribution is -0.274. The third kappa shape index (κ3) is 8.01. The van der Waals surface area contributed by atoms with Gasteiger partial charge >= 0.3 is 12.3 Å². The Bertz CT molecular complexity index is 1460. The van der Waals surface area contributed by atoms with Crippen molar-refractivity contribution in [1.82, 2.24) is 4.90 Å². The summed E-state index contributed by atoms with van der Waals surface area (Å²) in [6.45, 7) is 4.26. The number of nitrogens with zero attached hydrogens (tertiary/aromatic N) is 2. The molecular weight excluding hydrogens is 587 g/mol. The van der Waals surface area contributed by atoms with E-state index >= 15 is 0 Å². The minimum absolute atomic E-state index is 0.0231. The second-order valence-corrected chi connectivity index (χ2v) is 9.63. The van der Waals surface area contributed by atoms with Crippen LogP contribution >= 0.6 is 12.2 Å². The van der Waals surface area contributed by atoms with E-state index in [1.54, 1.807) is 43.3 Å². The fourth-order valence-electron chi connectivity index (χ4n) is 4.39. The summed E-state index contributed by atoms with van der Waals surface area (Å²) in [5.41, 5.74) is 1.68. The molecule has 3 aromatic carbocycles. The Balaban J connectivity index is 1.57. The summed E-state index contributed by atoms with van der Waals surface area (Å²) in [6, 6.07) is 17.0. The van der Waals surface area contributed by atoms with Crippen LogP contribution in [-0.4, -0.2) is 53.4 Å². The number of rotatable bonds is 11. The molecule has 13 heteroatoms. The molecule has 0 radical (unpaired) electrons. The van der Waals surface area contributed by atoms with Crippen LogP contribution in [0.25, 0.3) is 0 Å². The highest BCUT2D eigenvalue weighted by Gasteiger charge is 2.44. The first-order valence-corrected chi connectivity index (χ1v) is 13.7. The molecule has 1 aliphatic rings. The van der Waals surface area contributed by atoms with Gasteiger partial charge in [-0.2, -0.15) is 0 Å². The van der Waals surface area contributed by atoms with Gasteiger partial charge in [0.25, 0.3) is 5.91 Å². The highest BCUT2D eigenvalue weighted by Crippen LogP contribution is 2.30. The largest absolute Gasteiger partial charge is 0.573 e. The standard InChI is InChI=1S/C30H28F3N3O6S/c1-3-40-23-15-9-21(10-16-23)34-26(37)17-25-27(38)36(22-11-7-20(8-12-22)28(39)41-4-2)29(43)35(25)18-19-5-13-24(14-6-19)42-30(31,32)33/h5-16,25H,3-4,17-18H2,1-2H3,(H,34,37)/t25-/m1/s1. The quantitative estimate of drug-likeness (QED) is 0.217. The van der Waals surface area contributed by atoms with Gasteiger partial charge in [0.1, 0.15) is 17.5 Å². The Morgan fingerprint density at radius 1 is 0.907 bits per heavy atom. The maximum Gasteiger partial charge on any atom is 0.573 e.